The van der Waals surface area contributed by atoms with Crippen LogP contribution in [0.2, 0.25) is 0 Å². The smallest absolute Gasteiger partial charge is 0.404 e. The Morgan fingerprint density at radius 1 is 1.30 bits per heavy atom. The Bertz CT molecular complexity index is 961. The lowest BCUT2D eigenvalue weighted by Crippen LogP contribution is -2.55. The number of piperazine rings is 1. The summed E-state index contributed by atoms with van der Waals surface area (Å²) in [5.74, 6) is -1.12. The van der Waals surface area contributed by atoms with Gasteiger partial charge >= 0.3 is 6.09 Å². The molecule has 0 aromatic heterocycles. The van der Waals surface area contributed by atoms with Gasteiger partial charge in [0.25, 0.3) is 0 Å². The van der Waals surface area contributed by atoms with E-state index in [9.17, 15) is 14.4 Å². The summed E-state index contributed by atoms with van der Waals surface area (Å²) in [6, 6.07) is 0.526. The Balaban J connectivity index is 1.40. The van der Waals surface area contributed by atoms with Gasteiger partial charge in [0.05, 0.1) is 24.3 Å². The van der Waals surface area contributed by atoms with Crippen LogP contribution in [0.25, 0.3) is 0 Å². The summed E-state index contributed by atoms with van der Waals surface area (Å²) in [4.78, 5) is 42.9. The quantitative estimate of drug-likeness (QED) is 0.387. The number of carbonyl (C=O) groups excluding carboxylic acids is 3. The van der Waals surface area contributed by atoms with E-state index < -0.39 is 17.7 Å². The molecule has 4 aliphatic heterocycles. The molecule has 0 spiro atoms. The molecule has 0 bridgehead atoms. The normalized spacial score (nSPS) is 35.2. The van der Waals surface area contributed by atoms with Gasteiger partial charge in [-0.05, 0) is 39.3 Å². The molecule has 0 aromatic carbocycles. The molecule has 5 atom stereocenters. The average molecular weight is 461 g/mol. The van der Waals surface area contributed by atoms with Crippen molar-refractivity contribution < 1.29 is 28.6 Å². The zero-order valence-electron chi connectivity index (χ0n) is 19.4. The zero-order chi connectivity index (χ0) is 23.5. The number of hydrogen-bond acceptors (Lipinski definition) is 9. The van der Waals surface area contributed by atoms with E-state index in [0.717, 1.165) is 25.9 Å². The van der Waals surface area contributed by atoms with Crippen molar-refractivity contribution in [2.75, 3.05) is 40.0 Å². The van der Waals surface area contributed by atoms with Crippen molar-refractivity contribution in [2.45, 2.75) is 57.0 Å². The van der Waals surface area contributed by atoms with Crippen LogP contribution in [-0.4, -0.2) is 91.3 Å². The maximum atomic E-state index is 13.7. The number of hydrogen-bond donors (Lipinski definition) is 2. The fourth-order valence-corrected chi connectivity index (χ4v) is 6.38. The van der Waals surface area contributed by atoms with Gasteiger partial charge < -0.3 is 35.1 Å². The third-order valence-electron chi connectivity index (χ3n) is 7.98. The fourth-order valence-electron chi connectivity index (χ4n) is 6.38. The second-order valence-electron chi connectivity index (χ2n) is 9.44. The molecule has 5 rings (SSSR count). The first-order valence-corrected chi connectivity index (χ1v) is 11.8. The van der Waals surface area contributed by atoms with Crippen LogP contribution in [-0.2, 0) is 23.8 Å². The minimum absolute atomic E-state index is 0.0674. The lowest BCUT2D eigenvalue weighted by Gasteiger charge is -2.39. The largest absolute Gasteiger partial charge is 0.489 e. The highest BCUT2D eigenvalue weighted by Crippen LogP contribution is 2.55. The average Bonchev–Trinajstić information content (AvgIpc) is 3.17. The van der Waals surface area contributed by atoms with Crippen molar-refractivity contribution in [2.24, 2.45) is 11.7 Å². The van der Waals surface area contributed by atoms with Gasteiger partial charge in [-0.15, -0.1) is 0 Å². The third-order valence-corrected chi connectivity index (χ3v) is 7.98. The van der Waals surface area contributed by atoms with Gasteiger partial charge in [-0.3, -0.25) is 9.59 Å². The molecule has 5 aliphatic rings. The molecular formula is C23H32N4O6. The summed E-state index contributed by atoms with van der Waals surface area (Å²) in [6.07, 6.45) is 2.15. The highest BCUT2D eigenvalue weighted by atomic mass is 16.6. The number of carbonyl (C=O) groups is 3. The summed E-state index contributed by atoms with van der Waals surface area (Å²) >= 11 is 0. The number of rotatable bonds is 8. The molecule has 0 saturated carbocycles. The van der Waals surface area contributed by atoms with Crippen molar-refractivity contribution in [1.29, 1.82) is 0 Å². The first-order chi connectivity index (χ1) is 15.8. The zero-order valence-corrected chi connectivity index (χ0v) is 19.4. The molecule has 3 N–H and O–H groups in total. The summed E-state index contributed by atoms with van der Waals surface area (Å²) in [6.45, 7) is 6.63. The maximum Gasteiger partial charge on any atom is 0.404 e. The Kier molecular flexibility index (Phi) is 5.49. The van der Waals surface area contributed by atoms with E-state index in [2.05, 4.69) is 17.1 Å². The van der Waals surface area contributed by atoms with E-state index in [1.54, 1.807) is 14.0 Å². The molecular weight excluding hydrogens is 428 g/mol. The molecule has 10 heteroatoms. The number of methoxy groups -OCH3 is 1. The van der Waals surface area contributed by atoms with Gasteiger partial charge in [0, 0.05) is 36.9 Å². The molecule has 0 radical (unpaired) electrons. The topological polar surface area (TPSA) is 133 Å². The summed E-state index contributed by atoms with van der Waals surface area (Å²) in [7, 11) is 1.55. The van der Waals surface area contributed by atoms with Crippen LogP contribution < -0.4 is 11.1 Å². The van der Waals surface area contributed by atoms with Crippen LogP contribution in [0.3, 0.4) is 0 Å². The number of nitrogens with one attached hydrogen (secondary N) is 1. The number of Topliss-reactive ketones (excluding diaryl/α,β-unsaturated/α-hetero) is 2. The minimum atomic E-state index is -0.975. The highest BCUT2D eigenvalue weighted by Gasteiger charge is 2.72. The van der Waals surface area contributed by atoms with E-state index >= 15 is 0 Å². The fraction of sp³-hybridized carbons (Fsp3) is 0.696. The molecule has 10 nitrogen and oxygen atoms in total. The number of primary amides is 1. The third kappa shape index (κ3) is 3.22. The van der Waals surface area contributed by atoms with Crippen molar-refractivity contribution in [3.8, 4) is 0 Å². The van der Waals surface area contributed by atoms with Crippen LogP contribution in [0.4, 0.5) is 4.79 Å². The van der Waals surface area contributed by atoms with Gasteiger partial charge in [0.1, 0.15) is 6.61 Å². The number of nitrogens with two attached hydrogens (primary N) is 1. The van der Waals surface area contributed by atoms with Gasteiger partial charge in [0.2, 0.25) is 11.6 Å². The molecule has 3 fully saturated rings. The van der Waals surface area contributed by atoms with Crippen LogP contribution in [0.15, 0.2) is 22.6 Å². The van der Waals surface area contributed by atoms with Crippen LogP contribution in [0.1, 0.15) is 33.1 Å². The van der Waals surface area contributed by atoms with E-state index in [1.807, 2.05) is 4.90 Å². The van der Waals surface area contributed by atoms with Crippen molar-refractivity contribution in [1.82, 2.24) is 15.1 Å². The number of fused-ring (bicyclic) bond motifs is 4. The Morgan fingerprint density at radius 3 is 2.79 bits per heavy atom. The van der Waals surface area contributed by atoms with Crippen molar-refractivity contribution in [3.63, 3.8) is 0 Å². The van der Waals surface area contributed by atoms with Crippen LogP contribution >= 0.6 is 0 Å². The van der Waals surface area contributed by atoms with Gasteiger partial charge in [-0.1, -0.05) is 6.92 Å². The first-order valence-electron chi connectivity index (χ1n) is 11.8. The predicted octanol–water partition coefficient (Wildman–Crippen LogP) is 0.281. The monoisotopic (exact) mass is 460 g/mol. The lowest BCUT2D eigenvalue weighted by atomic mass is 9.83. The maximum absolute atomic E-state index is 13.7. The van der Waals surface area contributed by atoms with Gasteiger partial charge in [-0.25, -0.2) is 4.79 Å². The van der Waals surface area contributed by atoms with Gasteiger partial charge in [-0.2, -0.15) is 0 Å². The second-order valence-corrected chi connectivity index (χ2v) is 9.44. The SMILES string of the molecule is CCN1CCCC1CCOC1=C(C)C(=O)C2=C(C1=O)C(COC(N)=O)[C@@]1(OC)C3NC3CN21. The Morgan fingerprint density at radius 2 is 2.09 bits per heavy atom. The highest BCUT2D eigenvalue weighted by molar-refractivity contribution is 6.25. The number of nitrogens with zero attached hydrogens (tertiary/aromatic N) is 2. The van der Waals surface area contributed by atoms with E-state index in [1.165, 1.54) is 6.42 Å². The lowest BCUT2D eigenvalue weighted by molar-refractivity contribution is -0.137. The predicted molar refractivity (Wildman–Crippen MR) is 117 cm³/mol. The van der Waals surface area contributed by atoms with Crippen LogP contribution in [0.5, 0.6) is 0 Å². The molecule has 180 valence electrons. The van der Waals surface area contributed by atoms with Crippen molar-refractivity contribution >= 4 is 17.7 Å². The first kappa shape index (κ1) is 22.4. The molecule has 1 amide bonds. The van der Waals surface area contributed by atoms with E-state index in [0.29, 0.717) is 36.0 Å². The van der Waals surface area contributed by atoms with Gasteiger partial charge in [0.15, 0.2) is 11.5 Å². The number of amides is 1. The van der Waals surface area contributed by atoms with Crippen molar-refractivity contribution in [3.05, 3.63) is 22.6 Å². The molecule has 0 aromatic rings. The molecule has 4 heterocycles. The number of likely N-dealkylation sites (tertiary alicyclic amines) is 1. The Hall–Kier alpha value is -2.43. The summed E-state index contributed by atoms with van der Waals surface area (Å²) in [5, 5.41) is 3.35. The Labute approximate surface area is 193 Å². The summed E-state index contributed by atoms with van der Waals surface area (Å²) < 4.78 is 17.1. The molecule has 4 unspecified atom stereocenters. The van der Waals surface area contributed by atoms with E-state index in [-0.39, 0.29) is 36.0 Å². The summed E-state index contributed by atoms with van der Waals surface area (Å²) in [5.41, 5.74) is 5.20. The molecule has 33 heavy (non-hydrogen) atoms. The minimum Gasteiger partial charge on any atom is -0.489 e. The molecule has 1 aliphatic carbocycles. The number of ketones is 2. The van der Waals surface area contributed by atoms with Crippen LogP contribution in [0, 0.1) is 5.92 Å². The standard InChI is InChI=1S/C23H32N4O6/c1-4-26-8-5-6-13(26)7-9-32-20-12(2)18(28)17-16(19(20)29)14(11-33-22(24)30)23(31-3)21-15(25-21)10-27(17)23/h13-15,21,25H,4-11H2,1-3H3,(H2,24,30)/t13?,14?,15?,21?,23-/m1/s1. The number of allylic oxidation sites excluding steroid dienone is 2. The van der Waals surface area contributed by atoms with E-state index in [4.69, 9.17) is 19.9 Å². The molecule has 3 saturated heterocycles. The number of ether oxygens (including phenoxy) is 3. The second kappa shape index (κ2) is 8.11.